The van der Waals surface area contributed by atoms with Gasteiger partial charge in [-0.25, -0.2) is 4.79 Å². The van der Waals surface area contributed by atoms with Gasteiger partial charge in [0.05, 0.1) is 5.56 Å². The number of aromatic carboxylic acids is 1. The van der Waals surface area contributed by atoms with E-state index in [9.17, 15) is 4.79 Å². The van der Waals surface area contributed by atoms with Gasteiger partial charge in [0, 0.05) is 22.2 Å². The quantitative estimate of drug-likeness (QED) is 0.882. The van der Waals surface area contributed by atoms with Crippen LogP contribution < -0.4 is 0 Å². The first-order valence-corrected chi connectivity index (χ1v) is 5.48. The molecule has 0 amide bonds. The standard InChI is InChI=1S/C12H9NO2S/c14-12(15)9-3-5-10(6-4-9)16-11-2-1-7-13-8-11/h1-8H,(H,14,15). The van der Waals surface area contributed by atoms with E-state index in [1.165, 1.54) is 0 Å². The van der Waals surface area contributed by atoms with E-state index < -0.39 is 5.97 Å². The van der Waals surface area contributed by atoms with Crippen LogP contribution in [-0.2, 0) is 0 Å². The van der Waals surface area contributed by atoms with Crippen molar-refractivity contribution in [2.24, 2.45) is 0 Å². The Labute approximate surface area is 97.2 Å². The van der Waals surface area contributed by atoms with E-state index in [1.807, 2.05) is 12.1 Å². The van der Waals surface area contributed by atoms with Crippen LogP contribution in [0.15, 0.2) is 58.6 Å². The number of hydrogen-bond donors (Lipinski definition) is 1. The number of carboxylic acids is 1. The molecule has 2 aromatic rings. The van der Waals surface area contributed by atoms with Crippen LogP contribution in [0.1, 0.15) is 10.4 Å². The number of pyridine rings is 1. The second-order valence-electron chi connectivity index (χ2n) is 3.12. The Morgan fingerprint density at radius 3 is 2.44 bits per heavy atom. The lowest BCUT2D eigenvalue weighted by atomic mass is 10.2. The van der Waals surface area contributed by atoms with E-state index in [0.717, 1.165) is 9.79 Å². The molecule has 1 aromatic heterocycles. The summed E-state index contributed by atoms with van der Waals surface area (Å²) in [5.74, 6) is -0.905. The number of carboxylic acid groups (broad SMARTS) is 1. The van der Waals surface area contributed by atoms with Gasteiger partial charge in [-0.3, -0.25) is 4.98 Å². The molecule has 0 atom stereocenters. The Bertz CT molecular complexity index is 482. The van der Waals surface area contributed by atoms with Crippen LogP contribution in [0.5, 0.6) is 0 Å². The smallest absolute Gasteiger partial charge is 0.335 e. The van der Waals surface area contributed by atoms with Crippen molar-refractivity contribution in [3.63, 3.8) is 0 Å². The molecule has 0 saturated heterocycles. The lowest BCUT2D eigenvalue weighted by molar-refractivity contribution is 0.0697. The maximum Gasteiger partial charge on any atom is 0.335 e. The van der Waals surface area contributed by atoms with Gasteiger partial charge < -0.3 is 5.11 Å². The summed E-state index contributed by atoms with van der Waals surface area (Å²) in [5, 5.41) is 8.75. The molecular formula is C12H9NO2S. The fourth-order valence-electron chi connectivity index (χ4n) is 1.21. The average molecular weight is 231 g/mol. The molecule has 2 rings (SSSR count). The van der Waals surface area contributed by atoms with Crippen molar-refractivity contribution in [1.29, 1.82) is 0 Å². The molecule has 0 aliphatic heterocycles. The molecular weight excluding hydrogens is 222 g/mol. The molecule has 0 aliphatic carbocycles. The fraction of sp³-hybridized carbons (Fsp3) is 0. The summed E-state index contributed by atoms with van der Waals surface area (Å²) >= 11 is 1.55. The highest BCUT2D eigenvalue weighted by Gasteiger charge is 2.02. The molecule has 1 heterocycles. The number of aromatic nitrogens is 1. The molecule has 0 saturated carbocycles. The normalized spacial score (nSPS) is 10.0. The van der Waals surface area contributed by atoms with Crippen molar-refractivity contribution in [2.75, 3.05) is 0 Å². The third kappa shape index (κ3) is 2.61. The molecule has 80 valence electrons. The first kappa shape index (κ1) is 10.7. The van der Waals surface area contributed by atoms with Gasteiger partial charge in [-0.1, -0.05) is 11.8 Å². The van der Waals surface area contributed by atoms with Crippen molar-refractivity contribution in [3.8, 4) is 0 Å². The molecule has 16 heavy (non-hydrogen) atoms. The summed E-state index contributed by atoms with van der Waals surface area (Å²) in [6.45, 7) is 0. The summed E-state index contributed by atoms with van der Waals surface area (Å²) in [6.07, 6.45) is 3.49. The molecule has 0 fully saturated rings. The van der Waals surface area contributed by atoms with E-state index >= 15 is 0 Å². The van der Waals surface area contributed by atoms with Gasteiger partial charge in [0.1, 0.15) is 0 Å². The highest BCUT2D eigenvalue weighted by atomic mass is 32.2. The Balaban J connectivity index is 2.14. The molecule has 0 bridgehead atoms. The van der Waals surface area contributed by atoms with Crippen molar-refractivity contribution < 1.29 is 9.90 Å². The first-order valence-electron chi connectivity index (χ1n) is 4.67. The molecule has 0 aliphatic rings. The lowest BCUT2D eigenvalue weighted by Gasteiger charge is -2.01. The lowest BCUT2D eigenvalue weighted by Crippen LogP contribution is -1.94. The number of carbonyl (C=O) groups is 1. The van der Waals surface area contributed by atoms with E-state index in [4.69, 9.17) is 5.11 Å². The van der Waals surface area contributed by atoms with Crippen molar-refractivity contribution in [3.05, 3.63) is 54.4 Å². The zero-order valence-electron chi connectivity index (χ0n) is 8.33. The van der Waals surface area contributed by atoms with Gasteiger partial charge in [-0.15, -0.1) is 0 Å². The molecule has 0 spiro atoms. The zero-order chi connectivity index (χ0) is 11.4. The Hall–Kier alpha value is -1.81. The van der Waals surface area contributed by atoms with Crippen molar-refractivity contribution >= 4 is 17.7 Å². The van der Waals surface area contributed by atoms with Crippen LogP contribution in [-0.4, -0.2) is 16.1 Å². The number of nitrogens with zero attached hydrogens (tertiary/aromatic N) is 1. The monoisotopic (exact) mass is 231 g/mol. The summed E-state index contributed by atoms with van der Waals surface area (Å²) in [6, 6.07) is 10.6. The second kappa shape index (κ2) is 4.81. The maximum absolute atomic E-state index is 10.7. The highest BCUT2D eigenvalue weighted by molar-refractivity contribution is 7.99. The summed E-state index contributed by atoms with van der Waals surface area (Å²) in [5.41, 5.74) is 0.301. The van der Waals surface area contributed by atoms with E-state index in [2.05, 4.69) is 4.98 Å². The van der Waals surface area contributed by atoms with E-state index in [-0.39, 0.29) is 0 Å². The van der Waals surface area contributed by atoms with Crippen LogP contribution in [0.25, 0.3) is 0 Å². The van der Waals surface area contributed by atoms with E-state index in [1.54, 1.807) is 48.4 Å². The van der Waals surface area contributed by atoms with Gasteiger partial charge in [0.25, 0.3) is 0 Å². The molecule has 0 radical (unpaired) electrons. The summed E-state index contributed by atoms with van der Waals surface area (Å²) in [7, 11) is 0. The largest absolute Gasteiger partial charge is 0.478 e. The minimum atomic E-state index is -0.905. The van der Waals surface area contributed by atoms with Crippen molar-refractivity contribution in [1.82, 2.24) is 4.98 Å². The predicted molar refractivity (Wildman–Crippen MR) is 61.8 cm³/mol. The Kier molecular flexibility index (Phi) is 3.22. The summed E-state index contributed by atoms with van der Waals surface area (Å²) in [4.78, 5) is 16.7. The second-order valence-corrected chi connectivity index (χ2v) is 4.27. The van der Waals surface area contributed by atoms with Crippen LogP contribution in [0.3, 0.4) is 0 Å². The van der Waals surface area contributed by atoms with Crippen molar-refractivity contribution in [2.45, 2.75) is 9.79 Å². The Morgan fingerprint density at radius 1 is 1.12 bits per heavy atom. The van der Waals surface area contributed by atoms with Crippen LogP contribution in [0.2, 0.25) is 0 Å². The molecule has 0 unspecified atom stereocenters. The number of rotatable bonds is 3. The third-order valence-electron chi connectivity index (χ3n) is 1.97. The minimum Gasteiger partial charge on any atom is -0.478 e. The van der Waals surface area contributed by atoms with Gasteiger partial charge in [0.2, 0.25) is 0 Å². The summed E-state index contributed by atoms with van der Waals surface area (Å²) < 4.78 is 0. The number of benzene rings is 1. The van der Waals surface area contributed by atoms with Gasteiger partial charge in [-0.2, -0.15) is 0 Å². The molecule has 4 heteroatoms. The molecule has 1 N–H and O–H groups in total. The predicted octanol–water partition coefficient (Wildman–Crippen LogP) is 2.93. The van der Waals surface area contributed by atoms with Crippen LogP contribution >= 0.6 is 11.8 Å². The zero-order valence-corrected chi connectivity index (χ0v) is 9.15. The first-order chi connectivity index (χ1) is 7.75. The topological polar surface area (TPSA) is 50.2 Å². The van der Waals surface area contributed by atoms with E-state index in [0.29, 0.717) is 5.56 Å². The van der Waals surface area contributed by atoms with Gasteiger partial charge in [0.15, 0.2) is 0 Å². The number of hydrogen-bond acceptors (Lipinski definition) is 3. The van der Waals surface area contributed by atoms with Crippen LogP contribution in [0, 0.1) is 0 Å². The van der Waals surface area contributed by atoms with Gasteiger partial charge >= 0.3 is 5.97 Å². The Morgan fingerprint density at radius 2 is 1.88 bits per heavy atom. The molecule has 1 aromatic carbocycles. The SMILES string of the molecule is O=C(O)c1ccc(Sc2cccnc2)cc1. The fourth-order valence-corrected chi connectivity index (χ4v) is 2.01. The highest BCUT2D eigenvalue weighted by Crippen LogP contribution is 2.26. The minimum absolute atomic E-state index is 0.301. The van der Waals surface area contributed by atoms with Gasteiger partial charge in [-0.05, 0) is 36.4 Å². The molecule has 3 nitrogen and oxygen atoms in total. The average Bonchev–Trinajstić information content (AvgIpc) is 2.31. The maximum atomic E-state index is 10.7. The van der Waals surface area contributed by atoms with Crippen LogP contribution in [0.4, 0.5) is 0 Å². The third-order valence-corrected chi connectivity index (χ3v) is 2.96.